The van der Waals surface area contributed by atoms with Crippen LogP contribution in [-0.4, -0.2) is 28.1 Å². The number of hydrogen-bond donors (Lipinski definition) is 2. The molecular weight excluding hydrogens is 202 g/mol. The van der Waals surface area contributed by atoms with E-state index in [0.717, 1.165) is 4.70 Å². The molecule has 2 aromatic rings. The van der Waals surface area contributed by atoms with Gasteiger partial charge in [0.25, 0.3) is 0 Å². The molecule has 0 unspecified atom stereocenters. The summed E-state index contributed by atoms with van der Waals surface area (Å²) in [7, 11) is 1.74. The van der Waals surface area contributed by atoms with Crippen molar-refractivity contribution in [3.05, 3.63) is 17.3 Å². The number of hydrogen-bond acceptors (Lipinski definition) is 5. The van der Waals surface area contributed by atoms with Crippen molar-refractivity contribution in [2.75, 3.05) is 12.4 Å². The van der Waals surface area contributed by atoms with Gasteiger partial charge in [0, 0.05) is 12.4 Å². The summed E-state index contributed by atoms with van der Waals surface area (Å²) < 4.78 is 0.771. The normalized spacial score (nSPS) is 10.4. The number of carbonyl (C=O) groups is 1. The van der Waals surface area contributed by atoms with Crippen LogP contribution in [0, 0.1) is 0 Å². The molecule has 6 heteroatoms. The van der Waals surface area contributed by atoms with Crippen molar-refractivity contribution in [2.45, 2.75) is 0 Å². The molecule has 0 aliphatic heterocycles. The maximum atomic E-state index is 10.8. The summed E-state index contributed by atoms with van der Waals surface area (Å²) in [5, 5.41) is 13.3. The van der Waals surface area contributed by atoms with Crippen molar-refractivity contribution in [1.29, 1.82) is 0 Å². The average Bonchev–Trinajstić information content (AvgIpc) is 2.60. The van der Waals surface area contributed by atoms with Gasteiger partial charge in [0.05, 0.1) is 10.3 Å². The van der Waals surface area contributed by atoms with Crippen LogP contribution >= 0.6 is 11.3 Å². The lowest BCUT2D eigenvalue weighted by Gasteiger charge is -1.98. The average molecular weight is 209 g/mol. The van der Waals surface area contributed by atoms with Gasteiger partial charge < -0.3 is 10.4 Å². The zero-order valence-corrected chi connectivity index (χ0v) is 8.13. The van der Waals surface area contributed by atoms with E-state index in [0.29, 0.717) is 11.3 Å². The number of anilines is 1. The lowest BCUT2D eigenvalue weighted by Crippen LogP contribution is -1.97. The molecule has 14 heavy (non-hydrogen) atoms. The second kappa shape index (κ2) is 3.22. The van der Waals surface area contributed by atoms with Gasteiger partial charge in [0.15, 0.2) is 0 Å². The van der Waals surface area contributed by atoms with E-state index in [1.165, 1.54) is 17.7 Å². The predicted octanol–water partition coefficient (Wildman–Crippen LogP) is 1.43. The minimum absolute atomic E-state index is 0.226. The molecule has 0 saturated carbocycles. The van der Waals surface area contributed by atoms with Crippen molar-refractivity contribution in [2.24, 2.45) is 0 Å². The zero-order valence-electron chi connectivity index (χ0n) is 7.31. The summed E-state index contributed by atoms with van der Waals surface area (Å²) in [5.41, 5.74) is 0.714. The molecule has 2 N–H and O–H groups in total. The Bertz CT molecular complexity index is 494. The number of carboxylic acid groups (broad SMARTS) is 1. The van der Waals surface area contributed by atoms with E-state index in [1.807, 2.05) is 0 Å². The van der Waals surface area contributed by atoms with Gasteiger partial charge in [-0.05, 0) is 0 Å². The third-order valence-electron chi connectivity index (χ3n) is 1.82. The second-order valence-corrected chi connectivity index (χ2v) is 3.48. The number of rotatable bonds is 2. The van der Waals surface area contributed by atoms with E-state index < -0.39 is 5.97 Å². The summed E-state index contributed by atoms with van der Waals surface area (Å²) in [6.07, 6.45) is 1.35. The van der Waals surface area contributed by atoms with Crippen LogP contribution in [0.3, 0.4) is 0 Å². The van der Waals surface area contributed by atoms with Crippen molar-refractivity contribution >= 4 is 33.3 Å². The highest BCUT2D eigenvalue weighted by molar-refractivity contribution is 7.18. The van der Waals surface area contributed by atoms with Crippen molar-refractivity contribution in [1.82, 2.24) is 9.97 Å². The maximum Gasteiger partial charge on any atom is 0.338 e. The molecule has 5 nitrogen and oxygen atoms in total. The van der Waals surface area contributed by atoms with E-state index in [4.69, 9.17) is 5.11 Å². The first kappa shape index (κ1) is 8.89. The van der Waals surface area contributed by atoms with E-state index in [-0.39, 0.29) is 5.56 Å². The summed E-state index contributed by atoms with van der Waals surface area (Å²) in [6.45, 7) is 0. The van der Waals surface area contributed by atoms with E-state index in [9.17, 15) is 4.79 Å². The molecule has 72 valence electrons. The molecule has 0 aromatic carbocycles. The third kappa shape index (κ3) is 1.20. The Labute approximate surface area is 83.4 Å². The fraction of sp³-hybridized carbons (Fsp3) is 0.125. The maximum absolute atomic E-state index is 10.8. The Balaban J connectivity index is 2.75. The Morgan fingerprint density at radius 3 is 3.00 bits per heavy atom. The Kier molecular flexibility index (Phi) is 2.05. The molecule has 0 atom stereocenters. The van der Waals surface area contributed by atoms with Gasteiger partial charge in [-0.25, -0.2) is 14.8 Å². The molecule has 2 heterocycles. The van der Waals surface area contributed by atoms with Gasteiger partial charge in [-0.2, -0.15) is 0 Å². The van der Waals surface area contributed by atoms with Crippen LogP contribution in [-0.2, 0) is 0 Å². The lowest BCUT2D eigenvalue weighted by molar-refractivity contribution is 0.0699. The van der Waals surface area contributed by atoms with Crippen LogP contribution < -0.4 is 5.32 Å². The highest BCUT2D eigenvalue weighted by atomic mass is 32.1. The molecule has 0 saturated heterocycles. The summed E-state index contributed by atoms with van der Waals surface area (Å²) in [5.74, 6) is -0.301. The van der Waals surface area contributed by atoms with Gasteiger partial charge in [-0.15, -0.1) is 11.3 Å². The number of nitrogens with one attached hydrogen (secondary N) is 1. The minimum Gasteiger partial charge on any atom is -0.478 e. The first-order chi connectivity index (χ1) is 6.74. The number of nitrogens with zero attached hydrogens (tertiary/aromatic N) is 2. The number of carboxylic acids is 1. The van der Waals surface area contributed by atoms with Gasteiger partial charge in [-0.3, -0.25) is 0 Å². The number of aromatic nitrogens is 2. The van der Waals surface area contributed by atoms with Crippen LogP contribution in [0.5, 0.6) is 0 Å². The van der Waals surface area contributed by atoms with E-state index in [2.05, 4.69) is 15.3 Å². The number of fused-ring (bicyclic) bond motifs is 1. The molecule has 0 radical (unpaired) electrons. The summed E-state index contributed by atoms with van der Waals surface area (Å²) in [4.78, 5) is 18.7. The highest BCUT2D eigenvalue weighted by Gasteiger charge is 2.14. The smallest absolute Gasteiger partial charge is 0.338 e. The molecule has 0 aliphatic rings. The predicted molar refractivity (Wildman–Crippen MR) is 53.9 cm³/mol. The SMILES string of the molecule is CNc1ncnc2c(C(=O)O)csc12. The molecule has 0 bridgehead atoms. The topological polar surface area (TPSA) is 75.1 Å². The summed E-state index contributed by atoms with van der Waals surface area (Å²) >= 11 is 1.33. The zero-order chi connectivity index (χ0) is 10.1. The fourth-order valence-corrected chi connectivity index (χ4v) is 2.17. The van der Waals surface area contributed by atoms with Crippen LogP contribution in [0.2, 0.25) is 0 Å². The van der Waals surface area contributed by atoms with E-state index >= 15 is 0 Å². The minimum atomic E-state index is -0.961. The van der Waals surface area contributed by atoms with Crippen molar-refractivity contribution in [3.63, 3.8) is 0 Å². The Hall–Kier alpha value is -1.69. The molecule has 0 amide bonds. The highest BCUT2D eigenvalue weighted by Crippen LogP contribution is 2.28. The summed E-state index contributed by atoms with van der Waals surface area (Å²) in [6, 6.07) is 0. The first-order valence-electron chi connectivity index (χ1n) is 3.87. The standard InChI is InChI=1S/C8H7N3O2S/c1-9-7-6-5(10-3-11-7)4(2-14-6)8(12)13/h2-3H,1H3,(H,12,13)(H,9,10,11). The molecule has 2 aromatic heterocycles. The van der Waals surface area contributed by atoms with Crippen LogP contribution in [0.1, 0.15) is 10.4 Å². The monoisotopic (exact) mass is 209 g/mol. The first-order valence-corrected chi connectivity index (χ1v) is 4.75. The van der Waals surface area contributed by atoms with Crippen LogP contribution in [0.4, 0.5) is 5.82 Å². The van der Waals surface area contributed by atoms with E-state index in [1.54, 1.807) is 12.4 Å². The van der Waals surface area contributed by atoms with Gasteiger partial charge >= 0.3 is 5.97 Å². The third-order valence-corrected chi connectivity index (χ3v) is 2.80. The van der Waals surface area contributed by atoms with Gasteiger partial charge in [-0.1, -0.05) is 0 Å². The molecule has 0 spiro atoms. The molecule has 0 aliphatic carbocycles. The molecule has 0 fully saturated rings. The molecular formula is C8H7N3O2S. The number of thiophene rings is 1. The second-order valence-electron chi connectivity index (χ2n) is 2.60. The number of aromatic carboxylic acids is 1. The fourth-order valence-electron chi connectivity index (χ4n) is 1.18. The quantitative estimate of drug-likeness (QED) is 0.782. The van der Waals surface area contributed by atoms with Crippen molar-refractivity contribution < 1.29 is 9.90 Å². The Morgan fingerprint density at radius 1 is 1.57 bits per heavy atom. The molecule has 2 rings (SSSR count). The van der Waals surface area contributed by atoms with Gasteiger partial charge in [0.2, 0.25) is 0 Å². The van der Waals surface area contributed by atoms with Crippen LogP contribution in [0.15, 0.2) is 11.7 Å². The Morgan fingerprint density at radius 2 is 2.36 bits per heavy atom. The largest absolute Gasteiger partial charge is 0.478 e. The van der Waals surface area contributed by atoms with Crippen LogP contribution in [0.25, 0.3) is 10.2 Å². The van der Waals surface area contributed by atoms with Gasteiger partial charge in [0.1, 0.15) is 17.7 Å². The lowest BCUT2D eigenvalue weighted by atomic mass is 10.3. The van der Waals surface area contributed by atoms with Crippen molar-refractivity contribution in [3.8, 4) is 0 Å².